The number of fused-ring (bicyclic) bond motifs is 1. The van der Waals surface area contributed by atoms with Crippen molar-refractivity contribution in [2.24, 2.45) is 11.1 Å². The summed E-state index contributed by atoms with van der Waals surface area (Å²) >= 11 is 0. The first-order valence-electron chi connectivity index (χ1n) is 6.11. The molecule has 0 saturated heterocycles. The van der Waals surface area contributed by atoms with Gasteiger partial charge in [0, 0.05) is 6.54 Å². The Balaban J connectivity index is 1.75. The fourth-order valence-corrected chi connectivity index (χ4v) is 2.17. The molecule has 96 valence electrons. The first-order valence-corrected chi connectivity index (χ1v) is 6.11. The molecule has 0 spiro atoms. The second-order valence-corrected chi connectivity index (χ2v) is 4.91. The van der Waals surface area contributed by atoms with Crippen LogP contribution in [0.3, 0.4) is 0 Å². The van der Waals surface area contributed by atoms with Crippen LogP contribution in [0.25, 0.3) is 5.65 Å². The van der Waals surface area contributed by atoms with E-state index in [9.17, 15) is 4.79 Å². The second kappa shape index (κ2) is 4.09. The summed E-state index contributed by atoms with van der Waals surface area (Å²) in [5.41, 5.74) is 6.14. The highest BCUT2D eigenvalue weighted by atomic mass is 16.2. The molecular weight excluding hydrogens is 232 g/mol. The number of anilines is 1. The van der Waals surface area contributed by atoms with Crippen molar-refractivity contribution in [3.8, 4) is 0 Å². The molecule has 0 bridgehead atoms. The van der Waals surface area contributed by atoms with Crippen LogP contribution in [0.1, 0.15) is 19.3 Å². The number of H-pyrrole nitrogens is 1. The first-order chi connectivity index (χ1) is 8.72. The van der Waals surface area contributed by atoms with Crippen LogP contribution in [0, 0.1) is 5.41 Å². The van der Waals surface area contributed by atoms with Gasteiger partial charge in [0.2, 0.25) is 0 Å². The Morgan fingerprint density at radius 2 is 2.33 bits per heavy atom. The maximum Gasteiger partial charge on any atom is 0.364 e. The van der Waals surface area contributed by atoms with E-state index >= 15 is 0 Å². The summed E-state index contributed by atoms with van der Waals surface area (Å²) in [5.74, 6) is 0.689. The molecule has 0 atom stereocenters. The number of aromatic nitrogens is 4. The monoisotopic (exact) mass is 248 g/mol. The minimum Gasteiger partial charge on any atom is -0.368 e. The standard InChI is InChI=1S/C11H16N6O/c12-6-5-11(3-4-11)7-13-8-1-2-9-14-15-10(18)17(9)16-8/h1-2H,3-7,12H2,(H,13,16)(H,15,18). The quantitative estimate of drug-likeness (QED) is 0.689. The molecule has 0 radical (unpaired) electrons. The van der Waals surface area contributed by atoms with E-state index in [2.05, 4.69) is 20.6 Å². The maximum absolute atomic E-state index is 11.4. The van der Waals surface area contributed by atoms with Gasteiger partial charge in [0.25, 0.3) is 0 Å². The molecule has 2 aromatic heterocycles. The van der Waals surface area contributed by atoms with Gasteiger partial charge < -0.3 is 11.1 Å². The SMILES string of the molecule is NCCC1(CNc2ccc3n[nH]c(=O)n3n2)CC1. The zero-order valence-electron chi connectivity index (χ0n) is 10.0. The van der Waals surface area contributed by atoms with E-state index in [4.69, 9.17) is 5.73 Å². The summed E-state index contributed by atoms with van der Waals surface area (Å²) in [4.78, 5) is 11.4. The van der Waals surface area contributed by atoms with Crippen LogP contribution in [0.5, 0.6) is 0 Å². The lowest BCUT2D eigenvalue weighted by molar-refractivity contribution is 0.500. The van der Waals surface area contributed by atoms with E-state index in [1.54, 1.807) is 6.07 Å². The minimum absolute atomic E-state index is 0.322. The number of rotatable bonds is 5. The normalized spacial score (nSPS) is 16.9. The topological polar surface area (TPSA) is 101 Å². The molecule has 3 rings (SSSR count). The van der Waals surface area contributed by atoms with Gasteiger partial charge in [0.15, 0.2) is 5.65 Å². The Morgan fingerprint density at radius 3 is 3.06 bits per heavy atom. The molecule has 0 aromatic carbocycles. The predicted octanol–water partition coefficient (Wildman–Crippen LogP) is -0.0415. The van der Waals surface area contributed by atoms with Crippen molar-refractivity contribution in [2.75, 3.05) is 18.4 Å². The average Bonchev–Trinajstić information content (AvgIpc) is 3.05. The van der Waals surface area contributed by atoms with Crippen molar-refractivity contribution in [1.82, 2.24) is 19.8 Å². The predicted molar refractivity (Wildman–Crippen MR) is 67.4 cm³/mol. The molecule has 1 aliphatic carbocycles. The summed E-state index contributed by atoms with van der Waals surface area (Å²) in [5, 5.41) is 13.7. The fourth-order valence-electron chi connectivity index (χ4n) is 2.17. The highest BCUT2D eigenvalue weighted by molar-refractivity contribution is 5.43. The van der Waals surface area contributed by atoms with Gasteiger partial charge in [-0.05, 0) is 43.4 Å². The Hall–Kier alpha value is -1.89. The van der Waals surface area contributed by atoms with Crippen molar-refractivity contribution in [3.63, 3.8) is 0 Å². The lowest BCUT2D eigenvalue weighted by Crippen LogP contribution is -2.21. The number of nitrogens with zero attached hydrogens (tertiary/aromatic N) is 3. The Morgan fingerprint density at radius 1 is 1.50 bits per heavy atom. The second-order valence-electron chi connectivity index (χ2n) is 4.91. The summed E-state index contributed by atoms with van der Waals surface area (Å²) in [6, 6.07) is 3.59. The Kier molecular flexibility index (Phi) is 2.55. The molecule has 0 aliphatic heterocycles. The van der Waals surface area contributed by atoms with Crippen LogP contribution in [0.4, 0.5) is 5.82 Å². The third-order valence-electron chi connectivity index (χ3n) is 3.55. The smallest absolute Gasteiger partial charge is 0.364 e. The van der Waals surface area contributed by atoms with Crippen molar-refractivity contribution in [2.45, 2.75) is 19.3 Å². The number of nitrogens with two attached hydrogens (primary N) is 1. The maximum atomic E-state index is 11.4. The first kappa shape index (κ1) is 11.2. The lowest BCUT2D eigenvalue weighted by atomic mass is 10.0. The molecule has 7 heteroatoms. The van der Waals surface area contributed by atoms with Gasteiger partial charge in [-0.3, -0.25) is 0 Å². The summed E-state index contributed by atoms with van der Waals surface area (Å²) < 4.78 is 1.25. The van der Waals surface area contributed by atoms with E-state index in [-0.39, 0.29) is 5.69 Å². The third kappa shape index (κ3) is 1.97. The number of aromatic amines is 1. The van der Waals surface area contributed by atoms with Crippen LogP contribution in [-0.4, -0.2) is 32.9 Å². The van der Waals surface area contributed by atoms with Gasteiger partial charge in [-0.1, -0.05) is 0 Å². The average molecular weight is 248 g/mol. The summed E-state index contributed by atoms with van der Waals surface area (Å²) in [7, 11) is 0. The molecule has 0 unspecified atom stereocenters. The van der Waals surface area contributed by atoms with E-state index in [1.807, 2.05) is 6.07 Å². The summed E-state index contributed by atoms with van der Waals surface area (Å²) in [6.07, 6.45) is 3.46. The molecule has 4 N–H and O–H groups in total. The van der Waals surface area contributed by atoms with Crippen molar-refractivity contribution >= 4 is 11.5 Å². The summed E-state index contributed by atoms with van der Waals surface area (Å²) in [6.45, 7) is 1.57. The Labute approximate surface area is 103 Å². The van der Waals surface area contributed by atoms with E-state index in [0.29, 0.717) is 16.9 Å². The highest BCUT2D eigenvalue weighted by Gasteiger charge is 2.41. The molecule has 2 aromatic rings. The lowest BCUT2D eigenvalue weighted by Gasteiger charge is -2.14. The van der Waals surface area contributed by atoms with Gasteiger partial charge in [-0.25, -0.2) is 9.89 Å². The third-order valence-corrected chi connectivity index (χ3v) is 3.55. The van der Waals surface area contributed by atoms with Crippen molar-refractivity contribution in [1.29, 1.82) is 0 Å². The van der Waals surface area contributed by atoms with Crippen molar-refractivity contribution in [3.05, 3.63) is 22.6 Å². The van der Waals surface area contributed by atoms with Gasteiger partial charge in [-0.15, -0.1) is 5.10 Å². The fraction of sp³-hybridized carbons (Fsp3) is 0.545. The Bertz CT molecular complexity index is 611. The molecule has 1 fully saturated rings. The van der Waals surface area contributed by atoms with Gasteiger partial charge >= 0.3 is 5.69 Å². The molecule has 1 aliphatic rings. The molecule has 0 amide bonds. The van der Waals surface area contributed by atoms with Crippen LogP contribution in [0.15, 0.2) is 16.9 Å². The molecular formula is C11H16N6O. The highest BCUT2D eigenvalue weighted by Crippen LogP contribution is 2.48. The van der Waals surface area contributed by atoms with E-state index in [0.717, 1.165) is 19.5 Å². The number of hydrogen-bond acceptors (Lipinski definition) is 5. The molecule has 2 heterocycles. The van der Waals surface area contributed by atoms with Gasteiger partial charge in [-0.2, -0.15) is 9.61 Å². The zero-order chi connectivity index (χ0) is 12.6. The minimum atomic E-state index is -0.322. The van der Waals surface area contributed by atoms with E-state index < -0.39 is 0 Å². The van der Waals surface area contributed by atoms with Crippen LogP contribution in [-0.2, 0) is 0 Å². The number of nitrogens with one attached hydrogen (secondary N) is 2. The van der Waals surface area contributed by atoms with Crippen LogP contribution >= 0.6 is 0 Å². The molecule has 1 saturated carbocycles. The van der Waals surface area contributed by atoms with Gasteiger partial charge in [0.05, 0.1) is 0 Å². The van der Waals surface area contributed by atoms with Crippen molar-refractivity contribution < 1.29 is 0 Å². The largest absolute Gasteiger partial charge is 0.368 e. The number of hydrogen-bond donors (Lipinski definition) is 3. The molecule has 7 nitrogen and oxygen atoms in total. The van der Waals surface area contributed by atoms with Crippen LogP contribution < -0.4 is 16.7 Å². The van der Waals surface area contributed by atoms with E-state index in [1.165, 1.54) is 17.4 Å². The molecule has 18 heavy (non-hydrogen) atoms. The van der Waals surface area contributed by atoms with Crippen LogP contribution in [0.2, 0.25) is 0 Å². The van der Waals surface area contributed by atoms with Gasteiger partial charge in [0.1, 0.15) is 5.82 Å². The zero-order valence-corrected chi connectivity index (χ0v) is 10.0.